The first kappa shape index (κ1) is 12.7. The van der Waals surface area contributed by atoms with Crippen LogP contribution in [0.4, 0.5) is 0 Å². The molecule has 1 fully saturated rings. The van der Waals surface area contributed by atoms with E-state index in [1.807, 2.05) is 13.8 Å². The van der Waals surface area contributed by atoms with E-state index >= 15 is 0 Å². The average Bonchev–Trinajstić information content (AvgIpc) is 1.99. The fourth-order valence-corrected chi connectivity index (χ4v) is 1.39. The molecule has 1 saturated carbocycles. The Balaban J connectivity index is 0.00000144. The SMILES string of the molecule is C[C@H](CN)NC(=O)C1(C)CCC1.Cl. The number of halogens is 1. The van der Waals surface area contributed by atoms with Crippen LogP contribution in [0.1, 0.15) is 33.1 Å². The minimum atomic E-state index is -0.0938. The molecule has 0 radical (unpaired) electrons. The predicted molar refractivity (Wildman–Crippen MR) is 55.9 cm³/mol. The van der Waals surface area contributed by atoms with Crippen molar-refractivity contribution in [2.24, 2.45) is 11.1 Å². The summed E-state index contributed by atoms with van der Waals surface area (Å²) >= 11 is 0. The molecule has 3 N–H and O–H groups in total. The van der Waals surface area contributed by atoms with Crippen molar-refractivity contribution in [1.82, 2.24) is 5.32 Å². The van der Waals surface area contributed by atoms with Gasteiger partial charge in [-0.15, -0.1) is 12.4 Å². The minimum Gasteiger partial charge on any atom is -0.352 e. The Hall–Kier alpha value is -0.280. The summed E-state index contributed by atoms with van der Waals surface area (Å²) in [6, 6.07) is 0.106. The van der Waals surface area contributed by atoms with Gasteiger partial charge in [-0.2, -0.15) is 0 Å². The molecular formula is C9H19ClN2O. The topological polar surface area (TPSA) is 55.1 Å². The van der Waals surface area contributed by atoms with Gasteiger partial charge in [0, 0.05) is 18.0 Å². The van der Waals surface area contributed by atoms with Gasteiger partial charge >= 0.3 is 0 Å². The summed E-state index contributed by atoms with van der Waals surface area (Å²) in [6.07, 6.45) is 3.23. The van der Waals surface area contributed by atoms with E-state index in [2.05, 4.69) is 5.32 Å². The molecule has 1 atom stereocenters. The zero-order valence-corrected chi connectivity index (χ0v) is 9.12. The molecule has 0 heterocycles. The summed E-state index contributed by atoms with van der Waals surface area (Å²) in [5.74, 6) is 0.173. The van der Waals surface area contributed by atoms with Crippen LogP contribution in [0.5, 0.6) is 0 Å². The third-order valence-corrected chi connectivity index (χ3v) is 2.74. The molecule has 4 heteroatoms. The molecule has 78 valence electrons. The lowest BCUT2D eigenvalue weighted by Gasteiger charge is -2.37. The van der Waals surface area contributed by atoms with Gasteiger partial charge in [0.05, 0.1) is 0 Å². The number of nitrogens with two attached hydrogens (primary N) is 1. The van der Waals surface area contributed by atoms with E-state index in [0.29, 0.717) is 6.54 Å². The Morgan fingerprint density at radius 3 is 2.46 bits per heavy atom. The number of hydrogen-bond acceptors (Lipinski definition) is 2. The van der Waals surface area contributed by atoms with Gasteiger partial charge in [0.2, 0.25) is 5.91 Å². The summed E-state index contributed by atoms with van der Waals surface area (Å²) in [5, 5.41) is 2.91. The van der Waals surface area contributed by atoms with Crippen molar-refractivity contribution in [3.05, 3.63) is 0 Å². The Morgan fingerprint density at radius 2 is 2.15 bits per heavy atom. The van der Waals surface area contributed by atoms with Crippen LogP contribution in [-0.2, 0) is 4.79 Å². The summed E-state index contributed by atoms with van der Waals surface area (Å²) in [4.78, 5) is 11.5. The molecule has 3 nitrogen and oxygen atoms in total. The Morgan fingerprint density at radius 1 is 1.62 bits per heavy atom. The van der Waals surface area contributed by atoms with E-state index in [1.54, 1.807) is 0 Å². The lowest BCUT2D eigenvalue weighted by molar-refractivity contribution is -0.135. The van der Waals surface area contributed by atoms with Crippen LogP contribution in [0.2, 0.25) is 0 Å². The minimum absolute atomic E-state index is 0. The maximum Gasteiger partial charge on any atom is 0.226 e. The quantitative estimate of drug-likeness (QED) is 0.726. The molecule has 0 aromatic rings. The summed E-state index contributed by atoms with van der Waals surface area (Å²) in [5.41, 5.74) is 5.31. The smallest absolute Gasteiger partial charge is 0.226 e. The van der Waals surface area contributed by atoms with Crippen LogP contribution in [0.3, 0.4) is 0 Å². The molecule has 0 bridgehead atoms. The van der Waals surface area contributed by atoms with Crippen LogP contribution in [-0.4, -0.2) is 18.5 Å². The van der Waals surface area contributed by atoms with E-state index in [1.165, 1.54) is 6.42 Å². The standard InChI is InChI=1S/C9H18N2O.ClH/c1-7(6-10)11-8(12)9(2)4-3-5-9;/h7H,3-6,10H2,1-2H3,(H,11,12);1H/t7-;/m1./s1. The number of carbonyl (C=O) groups is 1. The van der Waals surface area contributed by atoms with Crippen molar-refractivity contribution in [1.29, 1.82) is 0 Å². The molecule has 13 heavy (non-hydrogen) atoms. The highest BCUT2D eigenvalue weighted by molar-refractivity contribution is 5.85. The maximum absolute atomic E-state index is 11.5. The van der Waals surface area contributed by atoms with E-state index in [0.717, 1.165) is 12.8 Å². The maximum atomic E-state index is 11.5. The normalized spacial score (nSPS) is 20.8. The predicted octanol–water partition coefficient (Wildman–Crippen LogP) is 1.06. The first-order chi connectivity index (χ1) is 5.58. The van der Waals surface area contributed by atoms with E-state index < -0.39 is 0 Å². The molecular weight excluding hydrogens is 188 g/mol. The lowest BCUT2D eigenvalue weighted by Crippen LogP contribution is -2.48. The van der Waals surface area contributed by atoms with Crippen molar-refractivity contribution in [3.63, 3.8) is 0 Å². The average molecular weight is 207 g/mol. The van der Waals surface area contributed by atoms with Gasteiger partial charge in [-0.1, -0.05) is 13.3 Å². The van der Waals surface area contributed by atoms with E-state index in [4.69, 9.17) is 5.73 Å². The monoisotopic (exact) mass is 206 g/mol. The second-order valence-electron chi connectivity index (χ2n) is 4.02. The Bertz CT molecular complexity index is 180. The van der Waals surface area contributed by atoms with E-state index in [-0.39, 0.29) is 29.8 Å². The van der Waals surface area contributed by atoms with Gasteiger partial charge in [-0.05, 0) is 19.8 Å². The molecule has 1 amide bonds. The summed E-state index contributed by atoms with van der Waals surface area (Å²) in [7, 11) is 0. The highest BCUT2D eigenvalue weighted by Crippen LogP contribution is 2.40. The van der Waals surface area contributed by atoms with Crippen molar-refractivity contribution >= 4 is 18.3 Å². The second kappa shape index (κ2) is 4.82. The van der Waals surface area contributed by atoms with Gasteiger partial charge in [-0.25, -0.2) is 0 Å². The zero-order chi connectivity index (χ0) is 9.19. The first-order valence-electron chi connectivity index (χ1n) is 4.59. The van der Waals surface area contributed by atoms with Gasteiger partial charge < -0.3 is 11.1 Å². The zero-order valence-electron chi connectivity index (χ0n) is 8.30. The molecule has 0 spiro atoms. The highest BCUT2D eigenvalue weighted by Gasteiger charge is 2.39. The van der Waals surface area contributed by atoms with Gasteiger partial charge in [0.25, 0.3) is 0 Å². The lowest BCUT2D eigenvalue weighted by atomic mass is 9.70. The first-order valence-corrected chi connectivity index (χ1v) is 4.59. The Kier molecular flexibility index (Phi) is 4.71. The van der Waals surface area contributed by atoms with E-state index in [9.17, 15) is 4.79 Å². The fraction of sp³-hybridized carbons (Fsp3) is 0.889. The van der Waals surface area contributed by atoms with Crippen LogP contribution in [0.25, 0.3) is 0 Å². The number of carbonyl (C=O) groups excluding carboxylic acids is 1. The molecule has 1 rings (SSSR count). The Labute approximate surface area is 85.9 Å². The third kappa shape index (κ3) is 2.85. The van der Waals surface area contributed by atoms with Crippen LogP contribution < -0.4 is 11.1 Å². The summed E-state index contributed by atoms with van der Waals surface area (Å²) < 4.78 is 0. The van der Waals surface area contributed by atoms with Crippen LogP contribution >= 0.6 is 12.4 Å². The molecule has 0 saturated heterocycles. The fourth-order valence-electron chi connectivity index (χ4n) is 1.39. The van der Waals surface area contributed by atoms with Crippen molar-refractivity contribution in [2.45, 2.75) is 39.2 Å². The number of hydrogen-bond donors (Lipinski definition) is 2. The molecule has 0 unspecified atom stereocenters. The van der Waals surface area contributed by atoms with Gasteiger partial charge in [0.1, 0.15) is 0 Å². The molecule has 0 aromatic heterocycles. The van der Waals surface area contributed by atoms with Gasteiger partial charge in [-0.3, -0.25) is 4.79 Å². The van der Waals surface area contributed by atoms with Crippen LogP contribution in [0, 0.1) is 5.41 Å². The van der Waals surface area contributed by atoms with Crippen molar-refractivity contribution < 1.29 is 4.79 Å². The molecule has 1 aliphatic rings. The van der Waals surface area contributed by atoms with Crippen molar-refractivity contribution in [2.75, 3.05) is 6.54 Å². The molecule has 0 aliphatic heterocycles. The van der Waals surface area contributed by atoms with Gasteiger partial charge in [0.15, 0.2) is 0 Å². The highest BCUT2D eigenvalue weighted by atomic mass is 35.5. The molecule has 1 aliphatic carbocycles. The number of amides is 1. The summed E-state index contributed by atoms with van der Waals surface area (Å²) in [6.45, 7) is 4.47. The second-order valence-corrected chi connectivity index (χ2v) is 4.02. The number of rotatable bonds is 3. The van der Waals surface area contributed by atoms with Crippen molar-refractivity contribution in [3.8, 4) is 0 Å². The largest absolute Gasteiger partial charge is 0.352 e. The third-order valence-electron chi connectivity index (χ3n) is 2.74. The molecule has 0 aromatic carbocycles. The number of nitrogens with one attached hydrogen (secondary N) is 1. The van der Waals surface area contributed by atoms with Crippen LogP contribution in [0.15, 0.2) is 0 Å².